The molecule has 1 aliphatic heterocycles. The minimum atomic E-state index is -3.13. The number of anilines is 1. The summed E-state index contributed by atoms with van der Waals surface area (Å²) in [5.74, 6) is 0.758. The molecule has 1 heterocycles. The van der Waals surface area contributed by atoms with Crippen molar-refractivity contribution in [3.8, 4) is 5.75 Å². The maximum absolute atomic E-state index is 11.7. The number of sulfone groups is 1. The Morgan fingerprint density at radius 3 is 3.00 bits per heavy atom. The Labute approximate surface area is 89.2 Å². The number of rotatable bonds is 2. The van der Waals surface area contributed by atoms with Crippen LogP contribution in [0.3, 0.4) is 0 Å². The van der Waals surface area contributed by atoms with Gasteiger partial charge >= 0.3 is 0 Å². The normalized spacial score (nSPS) is 17.7. The molecule has 0 radical (unpaired) electrons. The van der Waals surface area contributed by atoms with E-state index in [0.717, 1.165) is 0 Å². The molecule has 0 aliphatic carbocycles. The largest absolute Gasteiger partial charge is 0.492 e. The average molecular weight is 227 g/mol. The fourth-order valence-corrected chi connectivity index (χ4v) is 3.00. The summed E-state index contributed by atoms with van der Waals surface area (Å²) >= 11 is 0. The summed E-state index contributed by atoms with van der Waals surface area (Å²) < 4.78 is 28.8. The van der Waals surface area contributed by atoms with Crippen LogP contribution in [0.2, 0.25) is 0 Å². The molecule has 1 aliphatic rings. The van der Waals surface area contributed by atoms with Crippen LogP contribution >= 0.6 is 0 Å². The Kier molecular flexibility index (Phi) is 2.56. The SMILES string of the molecule is CCOc1cccc2c1NCCS2(=O)=O. The predicted octanol–water partition coefficient (Wildman–Crippen LogP) is 1.28. The lowest BCUT2D eigenvalue weighted by atomic mass is 10.3. The van der Waals surface area contributed by atoms with E-state index in [1.165, 1.54) is 0 Å². The first-order chi connectivity index (χ1) is 7.15. The molecule has 1 aromatic rings. The minimum Gasteiger partial charge on any atom is -0.492 e. The molecule has 1 N–H and O–H groups in total. The maximum atomic E-state index is 11.7. The Hall–Kier alpha value is -1.23. The summed E-state index contributed by atoms with van der Waals surface area (Å²) in [6.45, 7) is 2.84. The Bertz CT molecular complexity index is 468. The van der Waals surface area contributed by atoms with Gasteiger partial charge in [-0.1, -0.05) is 6.07 Å². The zero-order chi connectivity index (χ0) is 10.9. The molecule has 4 nitrogen and oxygen atoms in total. The van der Waals surface area contributed by atoms with Gasteiger partial charge in [0.1, 0.15) is 5.75 Å². The Morgan fingerprint density at radius 2 is 2.27 bits per heavy atom. The fraction of sp³-hybridized carbons (Fsp3) is 0.400. The number of nitrogens with one attached hydrogen (secondary N) is 1. The highest BCUT2D eigenvalue weighted by Crippen LogP contribution is 2.34. The molecule has 0 fully saturated rings. The first kappa shape index (κ1) is 10.3. The van der Waals surface area contributed by atoms with E-state index in [4.69, 9.17) is 4.74 Å². The first-order valence-electron chi connectivity index (χ1n) is 4.87. The Morgan fingerprint density at radius 1 is 1.47 bits per heavy atom. The lowest BCUT2D eigenvalue weighted by Gasteiger charge is -2.20. The zero-order valence-corrected chi connectivity index (χ0v) is 9.30. The number of para-hydroxylation sites is 1. The van der Waals surface area contributed by atoms with Crippen LogP contribution in [0, 0.1) is 0 Å². The van der Waals surface area contributed by atoms with E-state index >= 15 is 0 Å². The lowest BCUT2D eigenvalue weighted by molar-refractivity contribution is 0.341. The standard InChI is InChI=1S/C10H13NO3S/c1-2-14-8-4-3-5-9-10(8)11-6-7-15(9,12)13/h3-5,11H,2,6-7H2,1H3. The molecule has 2 rings (SSSR count). The van der Waals surface area contributed by atoms with Gasteiger partial charge in [-0.05, 0) is 19.1 Å². The van der Waals surface area contributed by atoms with Gasteiger partial charge in [-0.3, -0.25) is 0 Å². The minimum absolute atomic E-state index is 0.148. The molecule has 0 aromatic heterocycles. The summed E-state index contributed by atoms with van der Waals surface area (Å²) in [6.07, 6.45) is 0. The van der Waals surface area contributed by atoms with Gasteiger partial charge < -0.3 is 10.1 Å². The molecule has 5 heteroatoms. The van der Waals surface area contributed by atoms with Crippen molar-refractivity contribution in [1.29, 1.82) is 0 Å². The third-order valence-corrected chi connectivity index (χ3v) is 4.05. The van der Waals surface area contributed by atoms with Crippen LogP contribution < -0.4 is 10.1 Å². The number of hydrogen-bond donors (Lipinski definition) is 1. The van der Waals surface area contributed by atoms with E-state index in [1.54, 1.807) is 18.2 Å². The number of hydrogen-bond acceptors (Lipinski definition) is 4. The summed E-state index contributed by atoms with van der Waals surface area (Å²) in [5.41, 5.74) is 0.602. The van der Waals surface area contributed by atoms with Gasteiger partial charge in [0.25, 0.3) is 0 Å². The Balaban J connectivity index is 2.56. The zero-order valence-electron chi connectivity index (χ0n) is 8.49. The van der Waals surface area contributed by atoms with Crippen molar-refractivity contribution in [2.45, 2.75) is 11.8 Å². The first-order valence-corrected chi connectivity index (χ1v) is 6.53. The van der Waals surface area contributed by atoms with Gasteiger partial charge in [0, 0.05) is 6.54 Å². The molecular weight excluding hydrogens is 214 g/mol. The van der Waals surface area contributed by atoms with Crippen LogP contribution in [0.4, 0.5) is 5.69 Å². The second kappa shape index (κ2) is 3.73. The quantitative estimate of drug-likeness (QED) is 0.827. The van der Waals surface area contributed by atoms with Crippen LogP contribution in [0.15, 0.2) is 23.1 Å². The third-order valence-electron chi connectivity index (χ3n) is 2.30. The van der Waals surface area contributed by atoms with Crippen LogP contribution in [0.5, 0.6) is 5.75 Å². The van der Waals surface area contributed by atoms with E-state index in [2.05, 4.69) is 5.32 Å². The molecule has 0 amide bonds. The van der Waals surface area contributed by atoms with Crippen molar-refractivity contribution < 1.29 is 13.2 Å². The van der Waals surface area contributed by atoms with Crippen molar-refractivity contribution in [3.63, 3.8) is 0 Å². The van der Waals surface area contributed by atoms with E-state index in [1.807, 2.05) is 6.92 Å². The summed E-state index contributed by atoms with van der Waals surface area (Å²) in [4.78, 5) is 0.347. The smallest absolute Gasteiger partial charge is 0.182 e. The topological polar surface area (TPSA) is 55.4 Å². The van der Waals surface area contributed by atoms with E-state index < -0.39 is 9.84 Å². The number of ether oxygens (including phenoxy) is 1. The van der Waals surface area contributed by atoms with E-state index in [0.29, 0.717) is 29.5 Å². The van der Waals surface area contributed by atoms with Crippen LogP contribution in [-0.2, 0) is 9.84 Å². The summed E-state index contributed by atoms with van der Waals surface area (Å²) in [7, 11) is -3.13. The molecule has 0 saturated carbocycles. The lowest BCUT2D eigenvalue weighted by Crippen LogP contribution is -2.23. The number of benzene rings is 1. The predicted molar refractivity (Wildman–Crippen MR) is 58.2 cm³/mol. The van der Waals surface area contributed by atoms with Crippen LogP contribution in [-0.4, -0.2) is 27.3 Å². The van der Waals surface area contributed by atoms with Gasteiger partial charge in [-0.25, -0.2) is 8.42 Å². The molecular formula is C10H13NO3S. The molecule has 0 atom stereocenters. The second-order valence-electron chi connectivity index (χ2n) is 3.31. The van der Waals surface area contributed by atoms with Gasteiger partial charge in [-0.2, -0.15) is 0 Å². The molecule has 15 heavy (non-hydrogen) atoms. The summed E-state index contributed by atoms with van der Waals surface area (Å²) in [5, 5.41) is 3.07. The van der Waals surface area contributed by atoms with Crippen molar-refractivity contribution >= 4 is 15.5 Å². The third kappa shape index (κ3) is 1.79. The van der Waals surface area contributed by atoms with Gasteiger partial charge in [0.15, 0.2) is 9.84 Å². The number of fused-ring (bicyclic) bond motifs is 1. The van der Waals surface area contributed by atoms with Crippen LogP contribution in [0.1, 0.15) is 6.92 Å². The highest BCUT2D eigenvalue weighted by Gasteiger charge is 2.25. The highest BCUT2D eigenvalue weighted by atomic mass is 32.2. The highest BCUT2D eigenvalue weighted by molar-refractivity contribution is 7.91. The maximum Gasteiger partial charge on any atom is 0.182 e. The molecule has 0 unspecified atom stereocenters. The van der Waals surface area contributed by atoms with Crippen LogP contribution in [0.25, 0.3) is 0 Å². The monoisotopic (exact) mass is 227 g/mol. The average Bonchev–Trinajstić information content (AvgIpc) is 2.19. The molecule has 0 saturated heterocycles. The van der Waals surface area contributed by atoms with Crippen molar-refractivity contribution in [2.75, 3.05) is 24.2 Å². The van der Waals surface area contributed by atoms with Crippen molar-refractivity contribution in [1.82, 2.24) is 0 Å². The molecule has 0 bridgehead atoms. The molecule has 0 spiro atoms. The van der Waals surface area contributed by atoms with Crippen molar-refractivity contribution in [3.05, 3.63) is 18.2 Å². The molecule has 1 aromatic carbocycles. The van der Waals surface area contributed by atoms with E-state index in [9.17, 15) is 8.42 Å². The second-order valence-corrected chi connectivity index (χ2v) is 5.39. The van der Waals surface area contributed by atoms with Gasteiger partial charge in [0.2, 0.25) is 0 Å². The fourth-order valence-electron chi connectivity index (χ4n) is 1.64. The molecule has 82 valence electrons. The van der Waals surface area contributed by atoms with Gasteiger partial charge in [0.05, 0.1) is 22.9 Å². The van der Waals surface area contributed by atoms with Gasteiger partial charge in [-0.15, -0.1) is 0 Å². The van der Waals surface area contributed by atoms with E-state index in [-0.39, 0.29) is 5.75 Å². The van der Waals surface area contributed by atoms with Crippen molar-refractivity contribution in [2.24, 2.45) is 0 Å². The summed E-state index contributed by atoms with van der Waals surface area (Å²) in [6, 6.07) is 5.09.